The van der Waals surface area contributed by atoms with Gasteiger partial charge in [-0.15, -0.1) is 0 Å². The molecule has 10 aromatic rings. The van der Waals surface area contributed by atoms with Gasteiger partial charge < -0.3 is 4.90 Å². The Morgan fingerprint density at radius 1 is 0.203 bits per heavy atom. The van der Waals surface area contributed by atoms with Gasteiger partial charge in [-0.1, -0.05) is 188 Å². The first-order valence-electron chi connectivity index (χ1n) is 20.2. The number of rotatable bonds is 9. The molecule has 0 aliphatic rings. The minimum Gasteiger partial charge on any atom is -0.311 e. The number of hydrogen-bond acceptors (Lipinski definition) is 1. The van der Waals surface area contributed by atoms with E-state index in [0.29, 0.717) is 0 Å². The molecule has 0 N–H and O–H groups in total. The van der Waals surface area contributed by atoms with Crippen molar-refractivity contribution < 1.29 is 0 Å². The van der Waals surface area contributed by atoms with Crippen LogP contribution in [-0.2, 0) is 0 Å². The molecule has 0 aromatic heterocycles. The summed E-state index contributed by atoms with van der Waals surface area (Å²) < 4.78 is 0. The second-order valence-electron chi connectivity index (χ2n) is 15.0. The van der Waals surface area contributed by atoms with E-state index in [4.69, 9.17) is 0 Å². The summed E-state index contributed by atoms with van der Waals surface area (Å²) in [5, 5.41) is 2.50. The van der Waals surface area contributed by atoms with E-state index in [2.05, 4.69) is 254 Å². The first-order chi connectivity index (χ1) is 29.2. The van der Waals surface area contributed by atoms with Crippen LogP contribution in [0.5, 0.6) is 0 Å². The van der Waals surface area contributed by atoms with E-state index in [-0.39, 0.29) is 0 Å². The first kappa shape index (κ1) is 35.7. The summed E-state index contributed by atoms with van der Waals surface area (Å²) >= 11 is 0. The predicted octanol–water partition coefficient (Wildman–Crippen LogP) is 16.3. The molecule has 0 radical (unpaired) electrons. The van der Waals surface area contributed by atoms with Crippen LogP contribution in [0.1, 0.15) is 0 Å². The number of nitrogens with zero attached hydrogens (tertiary/aromatic N) is 1. The minimum absolute atomic E-state index is 1.10. The highest BCUT2D eigenvalue weighted by Gasteiger charge is 2.18. The molecule has 1 nitrogen and oxygen atoms in total. The van der Waals surface area contributed by atoms with Crippen molar-refractivity contribution in [1.82, 2.24) is 0 Å². The van der Waals surface area contributed by atoms with Crippen LogP contribution in [-0.4, -0.2) is 0 Å². The fourth-order valence-electron chi connectivity index (χ4n) is 8.29. The lowest BCUT2D eigenvalue weighted by molar-refractivity contribution is 1.28. The maximum atomic E-state index is 2.37. The molecule has 0 amide bonds. The van der Waals surface area contributed by atoms with Gasteiger partial charge in [0.2, 0.25) is 0 Å². The van der Waals surface area contributed by atoms with E-state index in [0.717, 1.165) is 17.1 Å². The lowest BCUT2D eigenvalue weighted by atomic mass is 9.84. The van der Waals surface area contributed by atoms with E-state index in [1.165, 1.54) is 77.5 Å². The lowest BCUT2D eigenvalue weighted by Gasteiger charge is -2.26. The largest absolute Gasteiger partial charge is 0.311 e. The molecule has 0 saturated carbocycles. The minimum atomic E-state index is 1.10. The first-order valence-corrected chi connectivity index (χ1v) is 20.2. The van der Waals surface area contributed by atoms with E-state index >= 15 is 0 Å². The molecule has 0 aliphatic heterocycles. The van der Waals surface area contributed by atoms with Gasteiger partial charge in [-0.25, -0.2) is 0 Å². The number of para-hydroxylation sites is 1. The van der Waals surface area contributed by atoms with Gasteiger partial charge >= 0.3 is 0 Å². The van der Waals surface area contributed by atoms with Gasteiger partial charge in [-0.2, -0.15) is 0 Å². The highest BCUT2D eigenvalue weighted by molar-refractivity contribution is 5.98. The molecule has 0 bridgehead atoms. The zero-order valence-corrected chi connectivity index (χ0v) is 32.6. The van der Waals surface area contributed by atoms with E-state index < -0.39 is 0 Å². The molecule has 0 unspecified atom stereocenters. The summed E-state index contributed by atoms with van der Waals surface area (Å²) in [6.45, 7) is 0. The molecule has 1 heteroatoms. The maximum Gasteiger partial charge on any atom is 0.0462 e. The standard InChI is InChI=1S/C58H41N/c1-5-16-42(17-6-1)52-40-56(46-19-7-2-8-20-46)58(47-21-9-3-10-22-47)57(41-52)51-25-15-24-49(39-51)44-30-34-54(35-31-44)59(53-26-11-4-12-27-53)55-36-32-45(33-37-55)50-29-28-43-18-13-14-23-48(43)38-50/h1-41H. The Kier molecular flexibility index (Phi) is 9.68. The van der Waals surface area contributed by atoms with Gasteiger partial charge in [0.25, 0.3) is 0 Å². The van der Waals surface area contributed by atoms with Crippen molar-refractivity contribution in [2.75, 3.05) is 4.90 Å². The van der Waals surface area contributed by atoms with Crippen LogP contribution in [0.25, 0.3) is 77.5 Å². The summed E-state index contributed by atoms with van der Waals surface area (Å²) in [6.07, 6.45) is 0. The second kappa shape index (κ2) is 16.0. The normalized spacial score (nSPS) is 11.1. The van der Waals surface area contributed by atoms with Gasteiger partial charge in [0, 0.05) is 17.1 Å². The molecule has 0 heterocycles. The Morgan fingerprint density at radius 3 is 1.22 bits per heavy atom. The average Bonchev–Trinajstić information content (AvgIpc) is 3.33. The van der Waals surface area contributed by atoms with Crippen LogP contribution in [0, 0.1) is 0 Å². The predicted molar refractivity (Wildman–Crippen MR) is 251 cm³/mol. The monoisotopic (exact) mass is 751 g/mol. The van der Waals surface area contributed by atoms with E-state index in [9.17, 15) is 0 Å². The number of fused-ring (bicyclic) bond motifs is 1. The molecule has 278 valence electrons. The van der Waals surface area contributed by atoms with Crippen molar-refractivity contribution in [3.8, 4) is 66.8 Å². The van der Waals surface area contributed by atoms with Crippen LogP contribution in [0.4, 0.5) is 17.1 Å². The van der Waals surface area contributed by atoms with Crippen molar-refractivity contribution in [3.63, 3.8) is 0 Å². The molecule has 59 heavy (non-hydrogen) atoms. The van der Waals surface area contributed by atoms with Crippen LogP contribution in [0.3, 0.4) is 0 Å². The summed E-state index contributed by atoms with van der Waals surface area (Å²) in [4.78, 5) is 2.33. The number of hydrogen-bond donors (Lipinski definition) is 0. The molecule has 10 aromatic carbocycles. The summed E-state index contributed by atoms with van der Waals surface area (Å²) in [7, 11) is 0. The molecule has 10 rings (SSSR count). The van der Waals surface area contributed by atoms with Gasteiger partial charge in [-0.05, 0) is 138 Å². The third kappa shape index (κ3) is 7.34. The van der Waals surface area contributed by atoms with Crippen LogP contribution in [0.15, 0.2) is 249 Å². The fourth-order valence-corrected chi connectivity index (χ4v) is 8.29. The van der Waals surface area contributed by atoms with Crippen molar-refractivity contribution in [2.24, 2.45) is 0 Å². The molecule has 0 spiro atoms. The number of benzene rings is 10. The summed E-state index contributed by atoms with van der Waals surface area (Å²) in [5.41, 5.74) is 17.7. The van der Waals surface area contributed by atoms with Crippen LogP contribution >= 0.6 is 0 Å². The summed E-state index contributed by atoms with van der Waals surface area (Å²) in [5.74, 6) is 0. The van der Waals surface area contributed by atoms with Gasteiger partial charge in [0.05, 0.1) is 0 Å². The van der Waals surface area contributed by atoms with E-state index in [1.807, 2.05) is 0 Å². The van der Waals surface area contributed by atoms with Crippen molar-refractivity contribution in [1.29, 1.82) is 0 Å². The van der Waals surface area contributed by atoms with Crippen molar-refractivity contribution in [2.45, 2.75) is 0 Å². The smallest absolute Gasteiger partial charge is 0.0462 e. The molecule has 0 aliphatic carbocycles. The van der Waals surface area contributed by atoms with Crippen LogP contribution < -0.4 is 4.90 Å². The maximum absolute atomic E-state index is 2.37. The fraction of sp³-hybridized carbons (Fsp3) is 0. The Morgan fingerprint density at radius 2 is 0.610 bits per heavy atom. The van der Waals surface area contributed by atoms with Gasteiger partial charge in [0.1, 0.15) is 0 Å². The highest BCUT2D eigenvalue weighted by Crippen LogP contribution is 2.44. The molecular weight excluding hydrogens is 711 g/mol. The summed E-state index contributed by atoms with van der Waals surface area (Å²) in [6, 6.07) is 89.8. The lowest BCUT2D eigenvalue weighted by Crippen LogP contribution is -2.09. The zero-order valence-electron chi connectivity index (χ0n) is 32.6. The average molecular weight is 752 g/mol. The van der Waals surface area contributed by atoms with E-state index in [1.54, 1.807) is 0 Å². The van der Waals surface area contributed by atoms with Gasteiger partial charge in [-0.3, -0.25) is 0 Å². The molecule has 0 fully saturated rings. The SMILES string of the molecule is c1ccc(-c2cc(-c3ccccc3)c(-c3ccccc3)c(-c3cccc(-c4ccc(N(c5ccccc5)c5ccc(-c6ccc7ccccc7c6)cc5)cc4)c3)c2)cc1. The van der Waals surface area contributed by atoms with Crippen molar-refractivity contribution >= 4 is 27.8 Å². The zero-order chi connectivity index (χ0) is 39.4. The second-order valence-corrected chi connectivity index (χ2v) is 15.0. The molecule has 0 saturated heterocycles. The Hall–Kier alpha value is -7.74. The topological polar surface area (TPSA) is 3.24 Å². The van der Waals surface area contributed by atoms with Gasteiger partial charge in [0.15, 0.2) is 0 Å². The Labute approximate surface area is 346 Å². The highest BCUT2D eigenvalue weighted by atomic mass is 15.1. The molecular formula is C58H41N. The Bertz CT molecular complexity index is 2990. The molecule has 0 atom stereocenters. The van der Waals surface area contributed by atoms with Crippen LogP contribution in [0.2, 0.25) is 0 Å². The third-order valence-corrected chi connectivity index (χ3v) is 11.2. The third-order valence-electron chi connectivity index (χ3n) is 11.2. The number of anilines is 3. The van der Waals surface area contributed by atoms with Crippen molar-refractivity contribution in [3.05, 3.63) is 249 Å². The Balaban J connectivity index is 1.04. The quantitative estimate of drug-likeness (QED) is 0.142.